The molecule has 6 heteroatoms. The van der Waals surface area contributed by atoms with Gasteiger partial charge in [0.1, 0.15) is 10.6 Å². The average Bonchev–Trinajstić information content (AvgIpc) is 2.76. The highest BCUT2D eigenvalue weighted by Crippen LogP contribution is 2.39. The van der Waals surface area contributed by atoms with Gasteiger partial charge >= 0.3 is 0 Å². The summed E-state index contributed by atoms with van der Waals surface area (Å²) in [6.45, 7) is 1.57. The topological polar surface area (TPSA) is 54.9 Å². The molecule has 0 saturated heterocycles. The van der Waals surface area contributed by atoms with Gasteiger partial charge in [-0.1, -0.05) is 18.6 Å². The molecular weight excluding hydrogens is 354 g/mol. The number of carbonyl (C=O) groups is 1. The standard InChI is InChI=1S/C19H18ClN3OS/c1-11(24)12-6-5-7-13(10-12)21-17-16-14-8-3-2-4-9-15(14)25-18(16)23-19(20)22-17/h5-7,10H,2-4,8-9H2,1H3,(H,21,22,23). The van der Waals surface area contributed by atoms with Crippen LogP contribution in [0.3, 0.4) is 0 Å². The lowest BCUT2D eigenvalue weighted by molar-refractivity contribution is 0.101. The molecule has 128 valence electrons. The molecule has 0 bridgehead atoms. The molecule has 0 fully saturated rings. The maximum Gasteiger partial charge on any atom is 0.225 e. The number of nitrogens with one attached hydrogen (secondary N) is 1. The summed E-state index contributed by atoms with van der Waals surface area (Å²) in [7, 11) is 0. The van der Waals surface area contributed by atoms with E-state index >= 15 is 0 Å². The van der Waals surface area contributed by atoms with Crippen LogP contribution in [0.15, 0.2) is 24.3 Å². The van der Waals surface area contributed by atoms with Crippen LogP contribution in [-0.2, 0) is 12.8 Å². The number of carbonyl (C=O) groups excluding carboxylic acids is 1. The van der Waals surface area contributed by atoms with Gasteiger partial charge in [0.25, 0.3) is 0 Å². The second-order valence-corrected chi connectivity index (χ2v) is 7.77. The summed E-state index contributed by atoms with van der Waals surface area (Å²) < 4.78 is 0. The summed E-state index contributed by atoms with van der Waals surface area (Å²) in [6.07, 6.45) is 5.85. The van der Waals surface area contributed by atoms with Gasteiger partial charge < -0.3 is 5.32 Å². The van der Waals surface area contributed by atoms with Crippen molar-refractivity contribution in [1.29, 1.82) is 0 Å². The van der Waals surface area contributed by atoms with Crippen LogP contribution in [0.1, 0.15) is 47.0 Å². The number of fused-ring (bicyclic) bond motifs is 3. The molecule has 0 spiro atoms. The predicted octanol–water partition coefficient (Wildman–Crippen LogP) is 5.56. The lowest BCUT2D eigenvalue weighted by Crippen LogP contribution is -1.99. The van der Waals surface area contributed by atoms with Crippen LogP contribution in [0.25, 0.3) is 10.2 Å². The number of Topliss-reactive ketones (excluding diaryl/α,β-unsaturated/α-hetero) is 1. The second kappa shape index (κ2) is 6.73. The number of anilines is 2. The smallest absolute Gasteiger partial charge is 0.225 e. The summed E-state index contributed by atoms with van der Waals surface area (Å²) in [4.78, 5) is 22.9. The number of nitrogens with zero attached hydrogens (tertiary/aromatic N) is 2. The Labute approximate surface area is 155 Å². The zero-order valence-corrected chi connectivity index (χ0v) is 15.5. The molecule has 1 aliphatic rings. The quantitative estimate of drug-likeness (QED) is 0.372. The van der Waals surface area contributed by atoms with Crippen LogP contribution in [-0.4, -0.2) is 15.8 Å². The molecule has 25 heavy (non-hydrogen) atoms. The van der Waals surface area contributed by atoms with E-state index in [1.165, 1.54) is 29.7 Å². The molecule has 0 radical (unpaired) electrons. The van der Waals surface area contributed by atoms with Crippen molar-refractivity contribution in [3.05, 3.63) is 45.6 Å². The third-order valence-corrected chi connectivity index (χ3v) is 5.92. The third-order valence-electron chi connectivity index (χ3n) is 4.57. The van der Waals surface area contributed by atoms with E-state index in [9.17, 15) is 4.79 Å². The Hall–Kier alpha value is -1.98. The van der Waals surface area contributed by atoms with Crippen LogP contribution in [0.4, 0.5) is 11.5 Å². The van der Waals surface area contributed by atoms with Crippen LogP contribution in [0.5, 0.6) is 0 Å². The number of aryl methyl sites for hydroxylation is 2. The van der Waals surface area contributed by atoms with E-state index in [2.05, 4.69) is 15.3 Å². The Morgan fingerprint density at radius 1 is 1.20 bits per heavy atom. The highest BCUT2D eigenvalue weighted by Gasteiger charge is 2.20. The number of thiophene rings is 1. The summed E-state index contributed by atoms with van der Waals surface area (Å²) in [5.74, 6) is 0.772. The van der Waals surface area contributed by atoms with E-state index in [0.717, 1.165) is 34.6 Å². The molecule has 0 atom stereocenters. The van der Waals surface area contributed by atoms with Crippen LogP contribution < -0.4 is 5.32 Å². The van der Waals surface area contributed by atoms with Gasteiger partial charge in [-0.25, -0.2) is 4.98 Å². The van der Waals surface area contributed by atoms with E-state index in [1.54, 1.807) is 18.3 Å². The SMILES string of the molecule is CC(=O)c1cccc(Nc2nc(Cl)nc3sc4c(c23)CCCCC4)c1. The minimum atomic E-state index is 0.0407. The van der Waals surface area contributed by atoms with E-state index in [0.29, 0.717) is 5.56 Å². The first kappa shape index (κ1) is 16.5. The Balaban J connectivity index is 1.82. The zero-order valence-electron chi connectivity index (χ0n) is 13.9. The minimum absolute atomic E-state index is 0.0407. The van der Waals surface area contributed by atoms with Crippen molar-refractivity contribution in [2.75, 3.05) is 5.32 Å². The number of hydrogen-bond donors (Lipinski definition) is 1. The summed E-state index contributed by atoms with van der Waals surface area (Å²) >= 11 is 7.89. The van der Waals surface area contributed by atoms with E-state index < -0.39 is 0 Å². The Morgan fingerprint density at radius 3 is 2.88 bits per heavy atom. The first-order valence-corrected chi connectivity index (χ1v) is 9.67. The molecule has 0 saturated carbocycles. The van der Waals surface area contributed by atoms with Crippen molar-refractivity contribution in [1.82, 2.24) is 9.97 Å². The molecule has 2 heterocycles. The molecule has 0 amide bonds. The first-order chi connectivity index (χ1) is 12.1. The molecule has 1 N–H and O–H groups in total. The fraction of sp³-hybridized carbons (Fsp3) is 0.316. The van der Waals surface area contributed by atoms with Gasteiger partial charge in [-0.05, 0) is 61.9 Å². The second-order valence-electron chi connectivity index (χ2n) is 6.35. The van der Waals surface area contributed by atoms with Crippen molar-refractivity contribution in [3.8, 4) is 0 Å². The van der Waals surface area contributed by atoms with Crippen molar-refractivity contribution < 1.29 is 4.79 Å². The molecule has 4 rings (SSSR count). The van der Waals surface area contributed by atoms with Crippen molar-refractivity contribution in [3.63, 3.8) is 0 Å². The van der Waals surface area contributed by atoms with E-state index in [4.69, 9.17) is 11.6 Å². The minimum Gasteiger partial charge on any atom is -0.340 e. The molecule has 0 unspecified atom stereocenters. The molecule has 4 nitrogen and oxygen atoms in total. The average molecular weight is 372 g/mol. The Bertz CT molecular complexity index is 967. The number of aromatic nitrogens is 2. The fourth-order valence-corrected chi connectivity index (χ4v) is 4.83. The van der Waals surface area contributed by atoms with Crippen LogP contribution in [0.2, 0.25) is 5.28 Å². The number of hydrogen-bond acceptors (Lipinski definition) is 5. The maximum atomic E-state index is 11.6. The Morgan fingerprint density at radius 2 is 2.04 bits per heavy atom. The van der Waals surface area contributed by atoms with Gasteiger partial charge in [-0.3, -0.25) is 4.79 Å². The maximum absolute atomic E-state index is 11.6. The van der Waals surface area contributed by atoms with Gasteiger partial charge in [0, 0.05) is 16.1 Å². The molecular formula is C19H18ClN3OS. The first-order valence-electron chi connectivity index (χ1n) is 8.47. The molecule has 2 aromatic heterocycles. The highest BCUT2D eigenvalue weighted by molar-refractivity contribution is 7.19. The third kappa shape index (κ3) is 3.26. The van der Waals surface area contributed by atoms with Gasteiger partial charge in [0.2, 0.25) is 5.28 Å². The normalized spacial score (nSPS) is 14.2. The van der Waals surface area contributed by atoms with Crippen molar-refractivity contribution in [2.45, 2.75) is 39.0 Å². The van der Waals surface area contributed by atoms with E-state index in [-0.39, 0.29) is 11.1 Å². The highest BCUT2D eigenvalue weighted by atomic mass is 35.5. The molecule has 1 aliphatic carbocycles. The van der Waals surface area contributed by atoms with Crippen molar-refractivity contribution in [2.24, 2.45) is 0 Å². The van der Waals surface area contributed by atoms with Crippen molar-refractivity contribution >= 4 is 50.4 Å². The lowest BCUT2D eigenvalue weighted by atomic mass is 10.1. The van der Waals surface area contributed by atoms with Crippen LogP contribution >= 0.6 is 22.9 Å². The zero-order chi connectivity index (χ0) is 17.4. The lowest BCUT2D eigenvalue weighted by Gasteiger charge is -2.10. The van der Waals surface area contributed by atoms with Crippen LogP contribution in [0, 0.1) is 0 Å². The summed E-state index contributed by atoms with van der Waals surface area (Å²) in [5, 5.41) is 4.69. The largest absolute Gasteiger partial charge is 0.340 e. The number of benzene rings is 1. The molecule has 3 aromatic rings. The van der Waals surface area contributed by atoms with Gasteiger partial charge in [0.05, 0.1) is 5.39 Å². The van der Waals surface area contributed by atoms with Gasteiger partial charge in [0.15, 0.2) is 5.78 Å². The van der Waals surface area contributed by atoms with E-state index in [1.807, 2.05) is 24.3 Å². The predicted molar refractivity (Wildman–Crippen MR) is 103 cm³/mol. The number of rotatable bonds is 3. The fourth-order valence-electron chi connectivity index (χ4n) is 3.35. The van der Waals surface area contributed by atoms with Gasteiger partial charge in [-0.15, -0.1) is 11.3 Å². The Kier molecular flexibility index (Phi) is 4.44. The monoisotopic (exact) mass is 371 g/mol. The number of ketones is 1. The van der Waals surface area contributed by atoms with Gasteiger partial charge in [-0.2, -0.15) is 4.98 Å². The molecule has 1 aromatic carbocycles. The molecule has 0 aliphatic heterocycles. The number of halogens is 1. The summed E-state index contributed by atoms with van der Waals surface area (Å²) in [5.41, 5.74) is 2.86. The summed E-state index contributed by atoms with van der Waals surface area (Å²) in [6, 6.07) is 7.45.